The van der Waals surface area contributed by atoms with Crippen LogP contribution in [0.5, 0.6) is 0 Å². The third-order valence-corrected chi connectivity index (χ3v) is 4.14. The van der Waals surface area contributed by atoms with Gasteiger partial charge in [-0.05, 0) is 40.8 Å². The molecular formula is C12H10Cl2IN3O. The molecule has 0 aliphatic heterocycles. The van der Waals surface area contributed by atoms with Crippen molar-refractivity contribution in [2.75, 3.05) is 12.8 Å². The Hall–Kier alpha value is -0.630. The van der Waals surface area contributed by atoms with Crippen LogP contribution in [0.25, 0.3) is 11.4 Å². The van der Waals surface area contributed by atoms with Crippen molar-refractivity contribution < 1.29 is 4.74 Å². The van der Waals surface area contributed by atoms with E-state index in [9.17, 15) is 0 Å². The summed E-state index contributed by atoms with van der Waals surface area (Å²) >= 11 is 14.2. The Morgan fingerprint density at radius 1 is 1.32 bits per heavy atom. The van der Waals surface area contributed by atoms with Crippen LogP contribution in [0.2, 0.25) is 10.0 Å². The van der Waals surface area contributed by atoms with Gasteiger partial charge in [-0.1, -0.05) is 23.2 Å². The Morgan fingerprint density at radius 2 is 2.05 bits per heavy atom. The number of ether oxygens (including phenoxy) is 1. The number of methoxy groups -OCH3 is 1. The summed E-state index contributed by atoms with van der Waals surface area (Å²) < 4.78 is 5.88. The average molecular weight is 410 g/mol. The summed E-state index contributed by atoms with van der Waals surface area (Å²) in [7, 11) is 1.60. The molecule has 2 N–H and O–H groups in total. The van der Waals surface area contributed by atoms with E-state index in [1.165, 1.54) is 0 Å². The van der Waals surface area contributed by atoms with Crippen molar-refractivity contribution >= 4 is 51.6 Å². The van der Waals surface area contributed by atoms with E-state index in [0.717, 1.165) is 9.26 Å². The fourth-order valence-electron chi connectivity index (χ4n) is 1.53. The highest BCUT2D eigenvalue weighted by Crippen LogP contribution is 2.30. The fourth-order valence-corrected chi connectivity index (χ4v) is 2.31. The molecule has 0 aliphatic carbocycles. The molecule has 0 amide bonds. The van der Waals surface area contributed by atoms with Gasteiger partial charge >= 0.3 is 0 Å². The second-order valence-electron chi connectivity index (χ2n) is 3.75. The topological polar surface area (TPSA) is 61.0 Å². The molecule has 0 spiro atoms. The molecule has 0 radical (unpaired) electrons. The molecule has 2 aromatic rings. The predicted molar refractivity (Wildman–Crippen MR) is 85.3 cm³/mol. The first-order chi connectivity index (χ1) is 9.02. The SMILES string of the molecule is COCc1nc(-c2cc(Cl)ccc2Cl)nc(N)c1I. The van der Waals surface area contributed by atoms with Gasteiger partial charge in [-0.15, -0.1) is 0 Å². The Morgan fingerprint density at radius 3 is 2.74 bits per heavy atom. The molecule has 100 valence electrons. The normalized spacial score (nSPS) is 10.7. The lowest BCUT2D eigenvalue weighted by atomic mass is 10.2. The lowest BCUT2D eigenvalue weighted by molar-refractivity contribution is 0.181. The van der Waals surface area contributed by atoms with E-state index < -0.39 is 0 Å². The Bertz CT molecular complexity index is 622. The molecule has 0 aliphatic rings. The summed E-state index contributed by atoms with van der Waals surface area (Å²) in [6.45, 7) is 0.357. The number of nitrogens with two attached hydrogens (primary N) is 1. The van der Waals surface area contributed by atoms with Crippen LogP contribution in [-0.4, -0.2) is 17.1 Å². The number of rotatable bonds is 3. The van der Waals surface area contributed by atoms with Crippen molar-refractivity contribution in [2.45, 2.75) is 6.61 Å². The molecule has 0 bridgehead atoms. The number of hydrogen-bond acceptors (Lipinski definition) is 4. The second kappa shape index (κ2) is 6.21. The van der Waals surface area contributed by atoms with Crippen molar-refractivity contribution in [1.29, 1.82) is 0 Å². The molecule has 19 heavy (non-hydrogen) atoms. The van der Waals surface area contributed by atoms with Crippen molar-refractivity contribution in [3.05, 3.63) is 37.5 Å². The van der Waals surface area contributed by atoms with Crippen LogP contribution in [0.15, 0.2) is 18.2 Å². The standard InChI is InChI=1S/C12H10Cl2IN3O/c1-19-5-9-10(15)11(16)18-12(17-9)7-4-6(13)2-3-8(7)14/h2-4H,5H2,1H3,(H2,16,17,18). The van der Waals surface area contributed by atoms with E-state index in [0.29, 0.717) is 33.9 Å². The van der Waals surface area contributed by atoms with Gasteiger partial charge in [-0.2, -0.15) is 0 Å². The third kappa shape index (κ3) is 3.28. The van der Waals surface area contributed by atoms with Crippen molar-refractivity contribution in [1.82, 2.24) is 9.97 Å². The summed E-state index contributed by atoms with van der Waals surface area (Å²) in [5, 5.41) is 1.08. The number of anilines is 1. The van der Waals surface area contributed by atoms with Crippen LogP contribution < -0.4 is 5.73 Å². The number of halogens is 3. The molecule has 4 nitrogen and oxygen atoms in total. The summed E-state index contributed by atoms with van der Waals surface area (Å²) in [6, 6.07) is 5.12. The van der Waals surface area contributed by atoms with Crippen molar-refractivity contribution in [3.8, 4) is 11.4 Å². The van der Waals surface area contributed by atoms with Gasteiger partial charge in [0.15, 0.2) is 5.82 Å². The largest absolute Gasteiger partial charge is 0.383 e. The maximum absolute atomic E-state index is 6.14. The predicted octanol–water partition coefficient (Wildman–Crippen LogP) is 3.78. The highest BCUT2D eigenvalue weighted by molar-refractivity contribution is 14.1. The Kier molecular flexibility index (Phi) is 4.83. The molecule has 7 heteroatoms. The quantitative estimate of drug-likeness (QED) is 0.783. The summed E-state index contributed by atoms with van der Waals surface area (Å²) in [6.07, 6.45) is 0. The van der Waals surface area contributed by atoms with E-state index in [4.69, 9.17) is 33.7 Å². The lowest BCUT2D eigenvalue weighted by Crippen LogP contribution is -2.06. The second-order valence-corrected chi connectivity index (χ2v) is 5.67. The number of hydrogen-bond donors (Lipinski definition) is 1. The molecular weight excluding hydrogens is 400 g/mol. The van der Waals surface area contributed by atoms with Gasteiger partial charge in [0.1, 0.15) is 5.82 Å². The number of nitrogens with zero attached hydrogens (tertiary/aromatic N) is 2. The highest BCUT2D eigenvalue weighted by atomic mass is 127. The Balaban J connectivity index is 2.59. The molecule has 0 fully saturated rings. The minimum atomic E-state index is 0.357. The van der Waals surface area contributed by atoms with E-state index in [2.05, 4.69) is 32.6 Å². The minimum absolute atomic E-state index is 0.357. The monoisotopic (exact) mass is 409 g/mol. The van der Waals surface area contributed by atoms with E-state index in [1.807, 2.05) is 0 Å². The van der Waals surface area contributed by atoms with Gasteiger partial charge in [0.2, 0.25) is 0 Å². The summed E-state index contributed by atoms with van der Waals surface area (Å²) in [5.41, 5.74) is 7.26. The molecule has 1 aromatic heterocycles. The van der Waals surface area contributed by atoms with Gasteiger partial charge in [0, 0.05) is 17.7 Å². The molecule has 0 unspecified atom stereocenters. The average Bonchev–Trinajstić information content (AvgIpc) is 2.38. The van der Waals surface area contributed by atoms with Gasteiger partial charge in [0.25, 0.3) is 0 Å². The zero-order valence-corrected chi connectivity index (χ0v) is 13.6. The van der Waals surface area contributed by atoms with Gasteiger partial charge in [-0.3, -0.25) is 0 Å². The number of nitrogen functional groups attached to an aromatic ring is 1. The van der Waals surface area contributed by atoms with Crippen LogP contribution in [-0.2, 0) is 11.3 Å². The van der Waals surface area contributed by atoms with Crippen molar-refractivity contribution in [3.63, 3.8) is 0 Å². The number of benzene rings is 1. The van der Waals surface area contributed by atoms with Crippen LogP contribution in [0.1, 0.15) is 5.69 Å². The van der Waals surface area contributed by atoms with E-state index in [1.54, 1.807) is 25.3 Å². The highest BCUT2D eigenvalue weighted by Gasteiger charge is 2.13. The van der Waals surface area contributed by atoms with Crippen LogP contribution in [0, 0.1) is 3.57 Å². The molecule has 2 rings (SSSR count). The smallest absolute Gasteiger partial charge is 0.163 e. The molecule has 0 saturated heterocycles. The summed E-state index contributed by atoms with van der Waals surface area (Å²) in [4.78, 5) is 8.68. The maximum Gasteiger partial charge on any atom is 0.163 e. The first-order valence-corrected chi connectivity index (χ1v) is 7.12. The zero-order chi connectivity index (χ0) is 14.0. The summed E-state index contributed by atoms with van der Waals surface area (Å²) in [5.74, 6) is 0.839. The van der Waals surface area contributed by atoms with Crippen LogP contribution in [0.3, 0.4) is 0 Å². The molecule has 1 aromatic carbocycles. The van der Waals surface area contributed by atoms with E-state index >= 15 is 0 Å². The molecule has 1 heterocycles. The zero-order valence-electron chi connectivity index (χ0n) is 9.95. The first-order valence-electron chi connectivity index (χ1n) is 5.29. The van der Waals surface area contributed by atoms with Crippen LogP contribution >= 0.6 is 45.8 Å². The molecule has 0 saturated carbocycles. The van der Waals surface area contributed by atoms with Gasteiger partial charge in [0.05, 0.1) is 20.9 Å². The molecule has 0 atom stereocenters. The van der Waals surface area contributed by atoms with E-state index in [-0.39, 0.29) is 0 Å². The van der Waals surface area contributed by atoms with Gasteiger partial charge < -0.3 is 10.5 Å². The maximum atomic E-state index is 6.14. The first kappa shape index (κ1) is 14.8. The fraction of sp³-hybridized carbons (Fsp3) is 0.167. The minimum Gasteiger partial charge on any atom is -0.383 e. The Labute approximate surface area is 134 Å². The third-order valence-electron chi connectivity index (χ3n) is 2.40. The lowest BCUT2D eigenvalue weighted by Gasteiger charge is -2.09. The van der Waals surface area contributed by atoms with Gasteiger partial charge in [-0.25, -0.2) is 9.97 Å². The number of aromatic nitrogens is 2. The van der Waals surface area contributed by atoms with Crippen LogP contribution in [0.4, 0.5) is 5.82 Å². The van der Waals surface area contributed by atoms with Crippen molar-refractivity contribution in [2.24, 2.45) is 0 Å².